The van der Waals surface area contributed by atoms with Crippen molar-refractivity contribution in [3.8, 4) is 11.4 Å². The van der Waals surface area contributed by atoms with Crippen LogP contribution in [0, 0.1) is 0 Å². The van der Waals surface area contributed by atoms with E-state index in [1.165, 1.54) is 0 Å². The molecule has 6 rings (SSSR count). The number of hydrogen-bond acceptors (Lipinski definition) is 3. The average molecular weight is 512 g/mol. The summed E-state index contributed by atoms with van der Waals surface area (Å²) < 4.78 is 7.36. The summed E-state index contributed by atoms with van der Waals surface area (Å²) in [6.45, 7) is -0.00530. The van der Waals surface area contributed by atoms with Crippen molar-refractivity contribution in [1.29, 1.82) is 0 Å². The molecule has 2 aliphatic rings. The van der Waals surface area contributed by atoms with E-state index in [4.69, 9.17) is 16.3 Å². The van der Waals surface area contributed by atoms with E-state index in [2.05, 4.69) is 4.57 Å². The van der Waals surface area contributed by atoms with Crippen LogP contribution < -0.4 is 9.64 Å². The molecule has 2 heterocycles. The van der Waals surface area contributed by atoms with Crippen LogP contribution in [-0.4, -0.2) is 41.0 Å². The van der Waals surface area contributed by atoms with Crippen LogP contribution in [0.2, 0.25) is 5.02 Å². The number of methoxy groups -OCH3 is 1. The molecule has 186 valence electrons. The molecule has 1 aromatic heterocycles. The summed E-state index contributed by atoms with van der Waals surface area (Å²) >= 11 is 6.19. The number of hydrogen-bond donors (Lipinski definition) is 0. The zero-order valence-electron chi connectivity index (χ0n) is 20.4. The van der Waals surface area contributed by atoms with Crippen LogP contribution in [-0.2, 0) is 4.79 Å². The maximum absolute atomic E-state index is 14.2. The molecule has 1 aliphatic carbocycles. The second kappa shape index (κ2) is 9.45. The van der Waals surface area contributed by atoms with E-state index in [0.717, 1.165) is 35.5 Å². The van der Waals surface area contributed by atoms with Crippen molar-refractivity contribution in [1.82, 2.24) is 9.47 Å². The quantitative estimate of drug-likeness (QED) is 0.325. The number of para-hydroxylation sites is 2. The predicted molar refractivity (Wildman–Crippen MR) is 144 cm³/mol. The Hall–Kier alpha value is -4.03. The number of amides is 2. The van der Waals surface area contributed by atoms with E-state index in [9.17, 15) is 9.59 Å². The minimum Gasteiger partial charge on any atom is -0.497 e. The standard InChI is InChI=1S/C30H26ClN3O3/c1-37-24-16-10-21(11-17-24)30(36)33(23-14-15-23)19-28(35)34-26-6-3-2-5-25(26)32-18-4-7-27(32)29(34)20-8-12-22(31)13-9-20/h2-13,16-18,23,29H,14-15,19H2,1H3. The highest BCUT2D eigenvalue weighted by molar-refractivity contribution is 6.30. The van der Waals surface area contributed by atoms with Gasteiger partial charge in [-0.05, 0) is 79.1 Å². The highest BCUT2D eigenvalue weighted by Crippen LogP contribution is 2.42. The molecule has 7 heteroatoms. The van der Waals surface area contributed by atoms with Crippen molar-refractivity contribution in [3.63, 3.8) is 0 Å². The molecule has 37 heavy (non-hydrogen) atoms. The van der Waals surface area contributed by atoms with Gasteiger partial charge in [-0.2, -0.15) is 0 Å². The van der Waals surface area contributed by atoms with E-state index in [-0.39, 0.29) is 30.4 Å². The van der Waals surface area contributed by atoms with E-state index in [1.54, 1.807) is 36.3 Å². The monoisotopic (exact) mass is 511 g/mol. The lowest BCUT2D eigenvalue weighted by Gasteiger charge is -2.39. The van der Waals surface area contributed by atoms with Gasteiger partial charge in [0.05, 0.1) is 24.2 Å². The largest absolute Gasteiger partial charge is 0.497 e. The molecule has 1 aliphatic heterocycles. The Bertz CT molecular complexity index is 1460. The number of carbonyl (C=O) groups excluding carboxylic acids is 2. The van der Waals surface area contributed by atoms with Gasteiger partial charge in [-0.25, -0.2) is 0 Å². The minimum atomic E-state index is -0.355. The smallest absolute Gasteiger partial charge is 0.254 e. The third-order valence-electron chi connectivity index (χ3n) is 7.06. The number of nitrogens with zero attached hydrogens (tertiary/aromatic N) is 3. The zero-order chi connectivity index (χ0) is 25.5. The fourth-order valence-electron chi connectivity index (χ4n) is 5.10. The van der Waals surface area contributed by atoms with Crippen molar-refractivity contribution < 1.29 is 14.3 Å². The summed E-state index contributed by atoms with van der Waals surface area (Å²) in [5.41, 5.74) is 4.22. The first-order valence-corrected chi connectivity index (χ1v) is 12.7. The van der Waals surface area contributed by atoms with Gasteiger partial charge >= 0.3 is 0 Å². The van der Waals surface area contributed by atoms with E-state index in [0.29, 0.717) is 16.3 Å². The Morgan fingerprint density at radius 1 is 0.919 bits per heavy atom. The van der Waals surface area contributed by atoms with Gasteiger partial charge in [-0.1, -0.05) is 35.9 Å². The van der Waals surface area contributed by atoms with Crippen molar-refractivity contribution in [2.75, 3.05) is 18.6 Å². The lowest BCUT2D eigenvalue weighted by atomic mass is 9.97. The lowest BCUT2D eigenvalue weighted by Crippen LogP contribution is -2.47. The number of aromatic nitrogens is 1. The first kappa shape index (κ1) is 23.4. The molecule has 0 spiro atoms. The molecule has 0 N–H and O–H groups in total. The summed E-state index contributed by atoms with van der Waals surface area (Å²) in [6.07, 6.45) is 3.81. The maximum atomic E-state index is 14.2. The van der Waals surface area contributed by atoms with Crippen molar-refractivity contribution in [3.05, 3.63) is 113 Å². The van der Waals surface area contributed by atoms with Gasteiger partial charge < -0.3 is 14.2 Å². The van der Waals surface area contributed by atoms with Gasteiger partial charge in [0.25, 0.3) is 5.91 Å². The molecule has 1 unspecified atom stereocenters. The Kier molecular flexibility index (Phi) is 5.97. The number of carbonyl (C=O) groups is 2. The maximum Gasteiger partial charge on any atom is 0.254 e. The summed E-state index contributed by atoms with van der Waals surface area (Å²) in [7, 11) is 1.59. The number of rotatable bonds is 6. The van der Waals surface area contributed by atoms with Crippen LogP contribution in [0.1, 0.15) is 40.5 Å². The van der Waals surface area contributed by atoms with Crippen LogP contribution in [0.3, 0.4) is 0 Å². The van der Waals surface area contributed by atoms with E-state index < -0.39 is 0 Å². The topological polar surface area (TPSA) is 54.8 Å². The fourth-order valence-corrected chi connectivity index (χ4v) is 5.22. The third-order valence-corrected chi connectivity index (χ3v) is 7.32. The average Bonchev–Trinajstić information content (AvgIpc) is 3.66. The Labute approximate surface area is 220 Å². The molecular weight excluding hydrogens is 486 g/mol. The molecule has 1 fully saturated rings. The highest BCUT2D eigenvalue weighted by atomic mass is 35.5. The summed E-state index contributed by atoms with van der Waals surface area (Å²) in [5, 5.41) is 0.637. The Morgan fingerprint density at radius 3 is 2.30 bits per heavy atom. The molecule has 2 amide bonds. The molecule has 1 atom stereocenters. The number of halogens is 1. The first-order valence-electron chi connectivity index (χ1n) is 12.3. The van der Waals surface area contributed by atoms with Gasteiger partial charge in [-0.3, -0.25) is 14.5 Å². The molecule has 0 radical (unpaired) electrons. The van der Waals surface area contributed by atoms with Gasteiger partial charge in [0.2, 0.25) is 5.91 Å². The summed E-state index contributed by atoms with van der Waals surface area (Å²) in [6, 6.07) is 26.3. The number of anilines is 1. The zero-order valence-corrected chi connectivity index (χ0v) is 21.1. The van der Waals surface area contributed by atoms with Gasteiger partial charge in [-0.15, -0.1) is 0 Å². The summed E-state index contributed by atoms with van der Waals surface area (Å²) in [4.78, 5) is 31.3. The second-order valence-corrected chi connectivity index (χ2v) is 9.84. The van der Waals surface area contributed by atoms with Gasteiger partial charge in [0.15, 0.2) is 0 Å². The highest BCUT2D eigenvalue weighted by Gasteiger charge is 2.40. The van der Waals surface area contributed by atoms with Crippen molar-refractivity contribution in [2.24, 2.45) is 0 Å². The number of ether oxygens (including phenoxy) is 1. The van der Waals surface area contributed by atoms with Crippen LogP contribution >= 0.6 is 11.6 Å². The van der Waals surface area contributed by atoms with Crippen LogP contribution in [0.15, 0.2) is 91.1 Å². The number of fused-ring (bicyclic) bond motifs is 3. The Morgan fingerprint density at radius 2 is 1.62 bits per heavy atom. The molecule has 4 aromatic rings. The van der Waals surface area contributed by atoms with E-state index >= 15 is 0 Å². The predicted octanol–water partition coefficient (Wildman–Crippen LogP) is 5.88. The molecule has 0 bridgehead atoms. The normalized spacial score (nSPS) is 16.1. The van der Waals surface area contributed by atoms with Crippen molar-refractivity contribution in [2.45, 2.75) is 24.9 Å². The second-order valence-electron chi connectivity index (χ2n) is 9.40. The molecule has 1 saturated carbocycles. The molecule has 0 saturated heterocycles. The Balaban J connectivity index is 1.38. The molecular formula is C30H26ClN3O3. The molecule has 3 aromatic carbocycles. The number of benzene rings is 3. The molecule has 6 nitrogen and oxygen atoms in total. The lowest BCUT2D eigenvalue weighted by molar-refractivity contribution is -0.119. The van der Waals surface area contributed by atoms with Crippen LogP contribution in [0.4, 0.5) is 5.69 Å². The van der Waals surface area contributed by atoms with Crippen LogP contribution in [0.25, 0.3) is 5.69 Å². The van der Waals surface area contributed by atoms with Crippen LogP contribution in [0.5, 0.6) is 5.75 Å². The SMILES string of the molecule is COc1ccc(C(=O)N(CC(=O)N2c3ccccc3-n3cccc3C2c2ccc(Cl)cc2)C2CC2)cc1. The van der Waals surface area contributed by atoms with Gasteiger partial charge in [0.1, 0.15) is 18.3 Å². The fraction of sp³-hybridized carbons (Fsp3) is 0.200. The van der Waals surface area contributed by atoms with E-state index in [1.807, 2.05) is 71.8 Å². The first-order chi connectivity index (χ1) is 18.0. The van der Waals surface area contributed by atoms with Gasteiger partial charge in [0, 0.05) is 22.8 Å². The van der Waals surface area contributed by atoms with Crippen molar-refractivity contribution >= 4 is 29.1 Å². The summed E-state index contributed by atoms with van der Waals surface area (Å²) in [5.74, 6) is 0.410. The third kappa shape index (κ3) is 4.27. The minimum absolute atomic E-state index is 0.00530.